The van der Waals surface area contributed by atoms with Gasteiger partial charge in [0.15, 0.2) is 0 Å². The molecule has 1 atom stereocenters. The van der Waals surface area contributed by atoms with Gasteiger partial charge in [-0.15, -0.1) is 11.8 Å². The Balaban J connectivity index is 1.59. The monoisotopic (exact) mass is 398 g/mol. The smallest absolute Gasteiger partial charge is 0.223 e. The van der Waals surface area contributed by atoms with Crippen molar-refractivity contribution >= 4 is 17.7 Å². The van der Waals surface area contributed by atoms with Crippen LogP contribution in [-0.4, -0.2) is 60.3 Å². The third-order valence-corrected chi connectivity index (χ3v) is 6.02. The van der Waals surface area contributed by atoms with E-state index < -0.39 is 0 Å². The summed E-state index contributed by atoms with van der Waals surface area (Å²) in [4.78, 5) is 18.8. The minimum absolute atomic E-state index is 0.174. The van der Waals surface area contributed by atoms with Gasteiger partial charge in [-0.1, -0.05) is 48.5 Å². The summed E-state index contributed by atoms with van der Waals surface area (Å²) in [6.07, 6.45) is 0.555. The van der Waals surface area contributed by atoms with E-state index in [1.165, 1.54) is 10.5 Å². The van der Waals surface area contributed by atoms with E-state index in [-0.39, 0.29) is 11.9 Å². The summed E-state index contributed by atoms with van der Waals surface area (Å²) in [6.45, 7) is 7.19. The Hall–Kier alpha value is -1.82. The maximum absolute atomic E-state index is 13.1. The van der Waals surface area contributed by atoms with Gasteiger partial charge in [-0.2, -0.15) is 0 Å². The van der Waals surface area contributed by atoms with E-state index in [1.807, 2.05) is 36.4 Å². The van der Waals surface area contributed by atoms with E-state index in [0.29, 0.717) is 13.0 Å². The Kier molecular flexibility index (Phi) is 8.40. The molecule has 1 aliphatic heterocycles. The van der Waals surface area contributed by atoms with Crippen molar-refractivity contribution < 1.29 is 9.53 Å². The van der Waals surface area contributed by atoms with Gasteiger partial charge in [0.2, 0.25) is 5.91 Å². The number of nitrogens with zero attached hydrogens (tertiary/aromatic N) is 2. The molecule has 0 saturated carbocycles. The lowest BCUT2D eigenvalue weighted by Crippen LogP contribution is -2.48. The molecule has 0 aliphatic carbocycles. The molecule has 1 aliphatic rings. The average Bonchev–Trinajstić information content (AvgIpc) is 2.74. The number of hydrogen-bond acceptors (Lipinski definition) is 4. The number of carbonyl (C=O) groups excluding carboxylic acids is 1. The van der Waals surface area contributed by atoms with E-state index >= 15 is 0 Å². The number of amides is 1. The van der Waals surface area contributed by atoms with Crippen LogP contribution in [0.5, 0.6) is 0 Å². The maximum Gasteiger partial charge on any atom is 0.223 e. The van der Waals surface area contributed by atoms with Crippen LogP contribution in [-0.2, 0) is 16.1 Å². The first-order valence-corrected chi connectivity index (χ1v) is 11.0. The summed E-state index contributed by atoms with van der Waals surface area (Å²) in [5, 5.41) is 0. The Labute approximate surface area is 172 Å². The van der Waals surface area contributed by atoms with Crippen molar-refractivity contribution in [3.05, 3.63) is 66.2 Å². The van der Waals surface area contributed by atoms with Crippen LogP contribution in [0.15, 0.2) is 65.6 Å². The maximum atomic E-state index is 13.1. The Bertz CT molecular complexity index is 705. The molecule has 4 nitrogen and oxygen atoms in total. The molecule has 1 unspecified atom stereocenters. The number of morpholine rings is 1. The topological polar surface area (TPSA) is 32.8 Å². The van der Waals surface area contributed by atoms with Crippen LogP contribution in [0.4, 0.5) is 0 Å². The van der Waals surface area contributed by atoms with Crippen molar-refractivity contribution in [1.29, 1.82) is 0 Å². The average molecular weight is 399 g/mol. The van der Waals surface area contributed by atoms with Crippen LogP contribution >= 0.6 is 11.8 Å². The van der Waals surface area contributed by atoms with E-state index in [9.17, 15) is 4.79 Å². The van der Waals surface area contributed by atoms with Gasteiger partial charge in [0.05, 0.1) is 13.2 Å². The highest BCUT2D eigenvalue weighted by Gasteiger charge is 2.23. The second-order valence-electron chi connectivity index (χ2n) is 7.18. The molecule has 0 N–H and O–H groups in total. The molecule has 0 aromatic heterocycles. The van der Waals surface area contributed by atoms with Gasteiger partial charge >= 0.3 is 0 Å². The summed E-state index contributed by atoms with van der Waals surface area (Å²) < 4.78 is 5.46. The van der Waals surface area contributed by atoms with E-state index in [0.717, 1.165) is 38.6 Å². The predicted molar refractivity (Wildman–Crippen MR) is 115 cm³/mol. The molecule has 0 radical (unpaired) electrons. The predicted octanol–water partition coefficient (Wildman–Crippen LogP) is 3.92. The summed E-state index contributed by atoms with van der Waals surface area (Å²) >= 11 is 1.75. The first-order chi connectivity index (χ1) is 13.7. The van der Waals surface area contributed by atoms with Gasteiger partial charge in [0, 0.05) is 49.3 Å². The highest BCUT2D eigenvalue weighted by atomic mass is 32.2. The second-order valence-corrected chi connectivity index (χ2v) is 8.35. The third kappa shape index (κ3) is 6.66. The molecule has 2 aromatic rings. The van der Waals surface area contributed by atoms with Crippen molar-refractivity contribution in [2.75, 3.05) is 38.6 Å². The minimum atomic E-state index is 0.174. The van der Waals surface area contributed by atoms with E-state index in [4.69, 9.17) is 4.74 Å². The van der Waals surface area contributed by atoms with E-state index in [2.05, 4.69) is 41.0 Å². The fourth-order valence-corrected chi connectivity index (χ4v) is 4.30. The standard InChI is InChI=1S/C23H30N2O2S/c1-20(18-24-13-15-27-16-14-24)25(19-21-8-4-2-5-9-21)23(26)12-17-28-22-10-6-3-7-11-22/h2-11,20H,12-19H2,1H3. The lowest BCUT2D eigenvalue weighted by atomic mass is 10.1. The van der Waals surface area contributed by atoms with Crippen molar-refractivity contribution in [1.82, 2.24) is 9.80 Å². The minimum Gasteiger partial charge on any atom is -0.379 e. The van der Waals surface area contributed by atoms with Gasteiger partial charge in [-0.25, -0.2) is 0 Å². The summed E-state index contributed by atoms with van der Waals surface area (Å²) in [6, 6.07) is 20.7. The molecule has 1 fully saturated rings. The summed E-state index contributed by atoms with van der Waals surface area (Å²) in [5.41, 5.74) is 1.18. The molecule has 28 heavy (non-hydrogen) atoms. The van der Waals surface area contributed by atoms with Crippen LogP contribution in [0.25, 0.3) is 0 Å². The fraction of sp³-hybridized carbons (Fsp3) is 0.435. The van der Waals surface area contributed by atoms with Crippen LogP contribution in [0.1, 0.15) is 18.9 Å². The molecule has 1 amide bonds. The van der Waals surface area contributed by atoms with Crippen LogP contribution in [0.3, 0.4) is 0 Å². The highest BCUT2D eigenvalue weighted by Crippen LogP contribution is 2.19. The molecule has 0 spiro atoms. The number of hydrogen-bond donors (Lipinski definition) is 0. The summed E-state index contributed by atoms with van der Waals surface area (Å²) in [5.74, 6) is 1.03. The Morgan fingerprint density at radius 3 is 2.39 bits per heavy atom. The SMILES string of the molecule is CC(CN1CCOCC1)N(Cc1ccccc1)C(=O)CCSc1ccccc1. The molecule has 150 valence electrons. The van der Waals surface area contributed by atoms with Crippen molar-refractivity contribution in [2.24, 2.45) is 0 Å². The van der Waals surface area contributed by atoms with Gasteiger partial charge < -0.3 is 9.64 Å². The first-order valence-electron chi connectivity index (χ1n) is 10.0. The van der Waals surface area contributed by atoms with Crippen molar-refractivity contribution in [3.8, 4) is 0 Å². The highest BCUT2D eigenvalue weighted by molar-refractivity contribution is 7.99. The molecular weight excluding hydrogens is 368 g/mol. The molecule has 1 heterocycles. The quantitative estimate of drug-likeness (QED) is 0.600. The zero-order chi connectivity index (χ0) is 19.6. The Morgan fingerprint density at radius 2 is 1.71 bits per heavy atom. The van der Waals surface area contributed by atoms with Crippen molar-refractivity contribution in [2.45, 2.75) is 30.8 Å². The zero-order valence-electron chi connectivity index (χ0n) is 16.6. The molecule has 5 heteroatoms. The van der Waals surface area contributed by atoms with Gasteiger partial charge in [-0.05, 0) is 24.6 Å². The summed E-state index contributed by atoms with van der Waals surface area (Å²) in [7, 11) is 0. The number of benzene rings is 2. The van der Waals surface area contributed by atoms with Gasteiger partial charge in [0.1, 0.15) is 0 Å². The van der Waals surface area contributed by atoms with Crippen LogP contribution < -0.4 is 0 Å². The van der Waals surface area contributed by atoms with Gasteiger partial charge in [-0.3, -0.25) is 9.69 Å². The molecular formula is C23H30N2O2S. The normalized spacial score (nSPS) is 15.9. The largest absolute Gasteiger partial charge is 0.379 e. The third-order valence-electron chi connectivity index (χ3n) is 5.00. The molecule has 2 aromatic carbocycles. The fourth-order valence-electron chi connectivity index (χ4n) is 3.44. The molecule has 1 saturated heterocycles. The van der Waals surface area contributed by atoms with Crippen LogP contribution in [0.2, 0.25) is 0 Å². The van der Waals surface area contributed by atoms with Gasteiger partial charge in [0.25, 0.3) is 0 Å². The lowest BCUT2D eigenvalue weighted by Gasteiger charge is -2.35. The van der Waals surface area contributed by atoms with Crippen molar-refractivity contribution in [3.63, 3.8) is 0 Å². The van der Waals surface area contributed by atoms with E-state index in [1.54, 1.807) is 11.8 Å². The second kappa shape index (κ2) is 11.2. The molecule has 3 rings (SSSR count). The first kappa shape index (κ1) is 20.9. The number of ether oxygens (including phenoxy) is 1. The zero-order valence-corrected chi connectivity index (χ0v) is 17.4. The number of rotatable bonds is 9. The number of carbonyl (C=O) groups is 1. The Morgan fingerprint density at radius 1 is 1.07 bits per heavy atom. The number of thioether (sulfide) groups is 1. The molecule has 0 bridgehead atoms. The van der Waals surface area contributed by atoms with Crippen LogP contribution in [0, 0.1) is 0 Å². The lowest BCUT2D eigenvalue weighted by molar-refractivity contribution is -0.134.